The molecule has 0 radical (unpaired) electrons. The van der Waals surface area contributed by atoms with E-state index in [1.165, 1.54) is 0 Å². The number of benzene rings is 2. The molecule has 0 aromatic heterocycles. The van der Waals surface area contributed by atoms with Crippen LogP contribution >= 0.6 is 11.6 Å². The van der Waals surface area contributed by atoms with Crippen LogP contribution in [0.1, 0.15) is 24.1 Å². The van der Waals surface area contributed by atoms with Crippen molar-refractivity contribution in [3.8, 4) is 11.5 Å². The highest BCUT2D eigenvalue weighted by molar-refractivity contribution is 6.31. The maximum Gasteiger partial charge on any atom is 0.168 e. The Morgan fingerprint density at radius 1 is 1.25 bits per heavy atom. The summed E-state index contributed by atoms with van der Waals surface area (Å²) in [7, 11) is 1.87. The summed E-state index contributed by atoms with van der Waals surface area (Å²) >= 11 is 6.23. The number of hydrogen-bond donors (Lipinski definition) is 1. The van der Waals surface area contributed by atoms with Crippen LogP contribution in [0.4, 0.5) is 4.39 Å². The van der Waals surface area contributed by atoms with Gasteiger partial charge in [0.1, 0.15) is 5.75 Å². The van der Waals surface area contributed by atoms with Gasteiger partial charge in [0.25, 0.3) is 0 Å². The first-order valence-electron chi connectivity index (χ1n) is 6.42. The predicted molar refractivity (Wildman–Crippen MR) is 80.1 cm³/mol. The molecule has 0 aliphatic rings. The van der Waals surface area contributed by atoms with Crippen molar-refractivity contribution >= 4 is 11.6 Å². The first-order valence-corrected chi connectivity index (χ1v) is 6.80. The van der Waals surface area contributed by atoms with E-state index < -0.39 is 0 Å². The van der Waals surface area contributed by atoms with E-state index in [1.807, 2.05) is 20.0 Å². The summed E-state index contributed by atoms with van der Waals surface area (Å²) in [6.07, 6.45) is 0. The van der Waals surface area contributed by atoms with Crippen LogP contribution in [0.5, 0.6) is 11.5 Å². The molecule has 2 aromatic rings. The number of aryl methyl sites for hydroxylation is 1. The minimum Gasteiger partial charge on any atom is -0.454 e. The first kappa shape index (κ1) is 14.8. The summed E-state index contributed by atoms with van der Waals surface area (Å²) in [5.41, 5.74) is 1.53. The molecule has 0 saturated carbocycles. The largest absolute Gasteiger partial charge is 0.454 e. The fraction of sp³-hybridized carbons (Fsp3) is 0.250. The summed E-state index contributed by atoms with van der Waals surface area (Å²) < 4.78 is 19.4. The van der Waals surface area contributed by atoms with Crippen LogP contribution in [0, 0.1) is 12.7 Å². The lowest BCUT2D eigenvalue weighted by atomic mass is 10.1. The van der Waals surface area contributed by atoms with E-state index in [1.54, 1.807) is 37.3 Å². The number of nitrogens with one attached hydrogen (secondary N) is 1. The van der Waals surface area contributed by atoms with Gasteiger partial charge in [0.2, 0.25) is 0 Å². The van der Waals surface area contributed by atoms with Gasteiger partial charge in [0.15, 0.2) is 11.6 Å². The summed E-state index contributed by atoms with van der Waals surface area (Å²) in [5.74, 6) is 0.373. The molecule has 0 bridgehead atoms. The zero-order valence-electron chi connectivity index (χ0n) is 11.7. The lowest BCUT2D eigenvalue weighted by molar-refractivity contribution is 0.440. The molecule has 106 valence electrons. The maximum atomic E-state index is 13.9. The van der Waals surface area contributed by atoms with Crippen LogP contribution in [0.15, 0.2) is 36.4 Å². The molecular weight excluding hydrogens is 277 g/mol. The molecule has 0 spiro atoms. The molecule has 1 N–H and O–H groups in total. The molecule has 0 saturated heterocycles. The number of halogens is 2. The van der Waals surface area contributed by atoms with Crippen LogP contribution in [-0.2, 0) is 0 Å². The highest BCUT2D eigenvalue weighted by Crippen LogP contribution is 2.31. The molecule has 0 amide bonds. The van der Waals surface area contributed by atoms with Crippen molar-refractivity contribution in [2.45, 2.75) is 19.9 Å². The van der Waals surface area contributed by atoms with E-state index in [0.29, 0.717) is 16.3 Å². The summed E-state index contributed by atoms with van der Waals surface area (Å²) in [4.78, 5) is 0. The predicted octanol–water partition coefficient (Wildman–Crippen LogP) is 4.86. The molecule has 0 aliphatic carbocycles. The smallest absolute Gasteiger partial charge is 0.168 e. The molecule has 2 aromatic carbocycles. The van der Waals surface area contributed by atoms with Crippen molar-refractivity contribution in [2.24, 2.45) is 0 Å². The van der Waals surface area contributed by atoms with E-state index in [-0.39, 0.29) is 17.6 Å². The Labute approximate surface area is 123 Å². The average Bonchev–Trinajstić information content (AvgIpc) is 2.43. The van der Waals surface area contributed by atoms with Crippen molar-refractivity contribution in [3.05, 3.63) is 58.4 Å². The topological polar surface area (TPSA) is 21.3 Å². The van der Waals surface area contributed by atoms with Crippen LogP contribution in [-0.4, -0.2) is 7.05 Å². The van der Waals surface area contributed by atoms with Gasteiger partial charge in [-0.2, -0.15) is 0 Å². The third-order valence-electron chi connectivity index (χ3n) is 3.26. The van der Waals surface area contributed by atoms with E-state index in [2.05, 4.69) is 5.32 Å². The minimum absolute atomic E-state index is 0.146. The van der Waals surface area contributed by atoms with Crippen LogP contribution in [0.3, 0.4) is 0 Å². The summed E-state index contributed by atoms with van der Waals surface area (Å²) in [6, 6.07) is 10.6. The molecular formula is C16H17ClFNO. The van der Waals surface area contributed by atoms with Gasteiger partial charge in [-0.1, -0.05) is 29.8 Å². The Kier molecular flexibility index (Phi) is 4.63. The standard InChI is InChI=1S/C16H17ClFNO/c1-10-5-4-6-15(16(10)18)20-12-7-8-13(11(2)19-3)14(17)9-12/h4-9,11,19H,1-3H3. The quantitative estimate of drug-likeness (QED) is 0.869. The molecule has 20 heavy (non-hydrogen) atoms. The second-order valence-electron chi connectivity index (χ2n) is 4.68. The third kappa shape index (κ3) is 3.11. The SMILES string of the molecule is CNC(C)c1ccc(Oc2cccc(C)c2F)cc1Cl. The van der Waals surface area contributed by atoms with Gasteiger partial charge in [-0.15, -0.1) is 0 Å². The van der Waals surface area contributed by atoms with Gasteiger partial charge in [0.05, 0.1) is 0 Å². The van der Waals surface area contributed by atoms with Gasteiger partial charge in [-0.05, 0) is 50.2 Å². The van der Waals surface area contributed by atoms with Crippen LogP contribution in [0.2, 0.25) is 5.02 Å². The fourth-order valence-electron chi connectivity index (χ4n) is 1.90. The number of rotatable bonds is 4. The van der Waals surface area contributed by atoms with Gasteiger partial charge >= 0.3 is 0 Å². The summed E-state index contributed by atoms with van der Waals surface area (Å²) in [6.45, 7) is 3.72. The number of ether oxygens (including phenoxy) is 1. The van der Waals surface area contributed by atoms with E-state index in [0.717, 1.165) is 5.56 Å². The highest BCUT2D eigenvalue weighted by Gasteiger charge is 2.11. The normalized spacial score (nSPS) is 12.2. The molecule has 0 heterocycles. The van der Waals surface area contributed by atoms with Crippen molar-refractivity contribution in [1.29, 1.82) is 0 Å². The Hall–Kier alpha value is -1.58. The average molecular weight is 294 g/mol. The molecule has 2 rings (SSSR count). The molecule has 1 atom stereocenters. The zero-order valence-corrected chi connectivity index (χ0v) is 12.5. The fourth-order valence-corrected chi connectivity index (χ4v) is 2.24. The van der Waals surface area contributed by atoms with Gasteiger partial charge in [-0.25, -0.2) is 4.39 Å². The van der Waals surface area contributed by atoms with Crippen LogP contribution in [0.25, 0.3) is 0 Å². The Bertz CT molecular complexity index is 615. The molecule has 2 nitrogen and oxygen atoms in total. The second kappa shape index (κ2) is 6.25. The van der Waals surface area contributed by atoms with Gasteiger partial charge < -0.3 is 10.1 Å². The highest BCUT2D eigenvalue weighted by atomic mass is 35.5. The minimum atomic E-state index is -0.351. The van der Waals surface area contributed by atoms with Crippen LogP contribution < -0.4 is 10.1 Å². The third-order valence-corrected chi connectivity index (χ3v) is 3.58. The monoisotopic (exact) mass is 293 g/mol. The number of hydrogen-bond acceptors (Lipinski definition) is 2. The van der Waals surface area contributed by atoms with E-state index in [4.69, 9.17) is 16.3 Å². The Morgan fingerprint density at radius 2 is 2.00 bits per heavy atom. The van der Waals surface area contributed by atoms with Crippen molar-refractivity contribution < 1.29 is 9.13 Å². The molecule has 1 unspecified atom stereocenters. The summed E-state index contributed by atoms with van der Waals surface area (Å²) in [5, 5.41) is 3.72. The van der Waals surface area contributed by atoms with Crippen molar-refractivity contribution in [3.63, 3.8) is 0 Å². The maximum absolute atomic E-state index is 13.9. The second-order valence-corrected chi connectivity index (χ2v) is 5.09. The Balaban J connectivity index is 2.27. The first-order chi connectivity index (χ1) is 9.52. The lowest BCUT2D eigenvalue weighted by Gasteiger charge is -2.14. The van der Waals surface area contributed by atoms with E-state index >= 15 is 0 Å². The van der Waals surface area contributed by atoms with E-state index in [9.17, 15) is 4.39 Å². The van der Waals surface area contributed by atoms with Gasteiger partial charge in [-0.3, -0.25) is 0 Å². The van der Waals surface area contributed by atoms with Crippen molar-refractivity contribution in [2.75, 3.05) is 7.05 Å². The molecule has 0 fully saturated rings. The molecule has 4 heteroatoms. The van der Waals surface area contributed by atoms with Crippen molar-refractivity contribution in [1.82, 2.24) is 5.32 Å². The Morgan fingerprint density at radius 3 is 2.65 bits per heavy atom. The molecule has 0 aliphatic heterocycles. The lowest BCUT2D eigenvalue weighted by Crippen LogP contribution is -2.12. The zero-order chi connectivity index (χ0) is 14.7. The van der Waals surface area contributed by atoms with Gasteiger partial charge in [0, 0.05) is 11.1 Å².